The highest BCUT2D eigenvalue weighted by molar-refractivity contribution is 5.81. The van der Waals surface area contributed by atoms with Crippen LogP contribution < -0.4 is 14.8 Å². The van der Waals surface area contributed by atoms with Crippen LogP contribution in [0.2, 0.25) is 0 Å². The fourth-order valence-electron chi connectivity index (χ4n) is 1.07. The minimum atomic E-state index is -0.715. The largest absolute Gasteiger partial charge is 0.497 e. The Bertz CT molecular complexity index is 395. The van der Waals surface area contributed by atoms with E-state index in [0.29, 0.717) is 11.5 Å². The molecule has 5 heteroatoms. The van der Waals surface area contributed by atoms with Crippen molar-refractivity contribution < 1.29 is 14.3 Å². The third-order valence-corrected chi connectivity index (χ3v) is 1.92. The lowest BCUT2D eigenvalue weighted by Gasteiger charge is -2.12. The Morgan fingerprint density at radius 3 is 2.44 bits per heavy atom. The second-order valence-corrected chi connectivity index (χ2v) is 3.04. The first-order chi connectivity index (χ1) is 7.67. The van der Waals surface area contributed by atoms with Crippen molar-refractivity contribution in [2.24, 2.45) is 0 Å². The Hall–Kier alpha value is -2.22. The highest BCUT2D eigenvalue weighted by Gasteiger charge is 2.13. The number of nitrogens with one attached hydrogen (secondary N) is 1. The Balaban J connectivity index is 2.59. The molecule has 0 heterocycles. The summed E-state index contributed by atoms with van der Waals surface area (Å²) in [5.74, 6) is 0.779. The first kappa shape index (κ1) is 11.9. The van der Waals surface area contributed by atoms with Crippen molar-refractivity contribution in [1.29, 1.82) is 5.26 Å². The van der Waals surface area contributed by atoms with Gasteiger partial charge in [-0.2, -0.15) is 5.26 Å². The number of ether oxygens (including phenoxy) is 2. The third-order valence-electron chi connectivity index (χ3n) is 1.92. The Morgan fingerprint density at radius 1 is 1.38 bits per heavy atom. The maximum Gasteiger partial charge on any atom is 0.273 e. The monoisotopic (exact) mass is 220 g/mol. The summed E-state index contributed by atoms with van der Waals surface area (Å²) in [4.78, 5) is 11.2. The number of hydrogen-bond donors (Lipinski definition) is 1. The molecule has 5 nitrogen and oxygen atoms in total. The summed E-state index contributed by atoms with van der Waals surface area (Å²) in [6.07, 6.45) is 0.838. The van der Waals surface area contributed by atoms with Gasteiger partial charge >= 0.3 is 0 Å². The van der Waals surface area contributed by atoms with Gasteiger partial charge in [0.1, 0.15) is 11.5 Å². The smallest absolute Gasteiger partial charge is 0.273 e. The molecule has 1 N–H and O–H groups in total. The van der Waals surface area contributed by atoms with E-state index in [1.54, 1.807) is 44.5 Å². The van der Waals surface area contributed by atoms with Gasteiger partial charge in [0.15, 0.2) is 12.3 Å². The zero-order valence-electron chi connectivity index (χ0n) is 9.06. The second kappa shape index (κ2) is 5.61. The van der Waals surface area contributed by atoms with E-state index in [4.69, 9.17) is 14.7 Å². The van der Waals surface area contributed by atoms with E-state index in [1.807, 2.05) is 5.32 Å². The Labute approximate surface area is 93.6 Å². The average Bonchev–Trinajstić information content (AvgIpc) is 2.30. The van der Waals surface area contributed by atoms with Crippen molar-refractivity contribution in [1.82, 2.24) is 5.32 Å². The van der Waals surface area contributed by atoms with Gasteiger partial charge in [0.25, 0.3) is 5.91 Å². The van der Waals surface area contributed by atoms with Crippen molar-refractivity contribution in [2.75, 3.05) is 7.11 Å². The molecule has 0 aliphatic rings. The lowest BCUT2D eigenvalue weighted by Crippen LogP contribution is -2.33. The SMILES string of the molecule is COc1ccc(OC(C)C(=O)NC#N)cc1. The number of methoxy groups -OCH3 is 1. The molecule has 0 aliphatic heterocycles. The van der Waals surface area contributed by atoms with Crippen molar-refractivity contribution >= 4 is 5.91 Å². The zero-order valence-corrected chi connectivity index (χ0v) is 9.06. The lowest BCUT2D eigenvalue weighted by molar-refractivity contribution is -0.126. The van der Waals surface area contributed by atoms with Crippen LogP contribution in [0.1, 0.15) is 6.92 Å². The molecule has 84 valence electrons. The van der Waals surface area contributed by atoms with Crippen LogP contribution in [0.5, 0.6) is 11.5 Å². The Morgan fingerprint density at radius 2 is 1.94 bits per heavy atom. The number of carbonyl (C=O) groups is 1. The van der Waals surface area contributed by atoms with Gasteiger partial charge in [-0.15, -0.1) is 0 Å². The summed E-state index contributed by atoms with van der Waals surface area (Å²) in [6.45, 7) is 1.57. The summed E-state index contributed by atoms with van der Waals surface area (Å²) < 4.78 is 10.3. The highest BCUT2D eigenvalue weighted by atomic mass is 16.5. The number of nitrogens with zero attached hydrogens (tertiary/aromatic N) is 1. The van der Waals surface area contributed by atoms with Gasteiger partial charge in [-0.3, -0.25) is 10.1 Å². The molecule has 0 bridgehead atoms. The predicted octanol–water partition coefficient (Wildman–Crippen LogP) is 1.06. The normalized spacial score (nSPS) is 11.1. The number of benzene rings is 1. The molecule has 0 saturated carbocycles. The van der Waals surface area contributed by atoms with E-state index in [1.165, 1.54) is 0 Å². The average molecular weight is 220 g/mol. The topological polar surface area (TPSA) is 71.3 Å². The maximum absolute atomic E-state index is 11.2. The Kier molecular flexibility index (Phi) is 4.16. The molecule has 0 fully saturated rings. The number of nitriles is 1. The first-order valence-electron chi connectivity index (χ1n) is 4.67. The molecule has 1 amide bonds. The molecule has 1 unspecified atom stereocenters. The third kappa shape index (κ3) is 3.17. The van der Waals surface area contributed by atoms with Gasteiger partial charge in [0.05, 0.1) is 7.11 Å². The predicted molar refractivity (Wildman–Crippen MR) is 56.8 cm³/mol. The highest BCUT2D eigenvalue weighted by Crippen LogP contribution is 2.18. The van der Waals surface area contributed by atoms with Crippen molar-refractivity contribution in [3.05, 3.63) is 24.3 Å². The van der Waals surface area contributed by atoms with Gasteiger partial charge < -0.3 is 9.47 Å². The summed E-state index contributed by atoms with van der Waals surface area (Å²) in [5, 5.41) is 10.3. The van der Waals surface area contributed by atoms with Crippen molar-refractivity contribution in [3.63, 3.8) is 0 Å². The molecule has 1 rings (SSSR count). The van der Waals surface area contributed by atoms with E-state index in [2.05, 4.69) is 0 Å². The van der Waals surface area contributed by atoms with Gasteiger partial charge in [0, 0.05) is 0 Å². The minimum absolute atomic E-state index is 0.474. The zero-order chi connectivity index (χ0) is 12.0. The number of hydrogen-bond acceptors (Lipinski definition) is 4. The molecule has 1 atom stereocenters. The first-order valence-corrected chi connectivity index (χ1v) is 4.67. The van der Waals surface area contributed by atoms with E-state index < -0.39 is 12.0 Å². The number of rotatable bonds is 4. The van der Waals surface area contributed by atoms with Crippen molar-refractivity contribution in [2.45, 2.75) is 13.0 Å². The van der Waals surface area contributed by atoms with Crippen molar-refractivity contribution in [3.8, 4) is 17.7 Å². The van der Waals surface area contributed by atoms with Crippen LogP contribution in [0, 0.1) is 11.5 Å². The van der Waals surface area contributed by atoms with Gasteiger partial charge in [-0.05, 0) is 31.2 Å². The lowest BCUT2D eigenvalue weighted by atomic mass is 10.3. The van der Waals surface area contributed by atoms with E-state index in [9.17, 15) is 4.79 Å². The van der Waals surface area contributed by atoms with Crippen LogP contribution >= 0.6 is 0 Å². The second-order valence-electron chi connectivity index (χ2n) is 3.04. The molecular formula is C11H12N2O3. The summed E-state index contributed by atoms with van der Waals surface area (Å²) in [7, 11) is 1.57. The molecule has 0 aromatic heterocycles. The van der Waals surface area contributed by atoms with E-state index in [0.717, 1.165) is 0 Å². The van der Waals surface area contributed by atoms with E-state index in [-0.39, 0.29) is 0 Å². The molecule has 1 aromatic rings. The maximum atomic E-state index is 11.2. The molecule has 0 saturated heterocycles. The summed E-state index contributed by atoms with van der Waals surface area (Å²) >= 11 is 0. The standard InChI is InChI=1S/C11H12N2O3/c1-8(11(14)13-7-12)16-10-5-3-9(15-2)4-6-10/h3-6,8H,1-2H3,(H,13,14). The molecular weight excluding hydrogens is 208 g/mol. The summed E-state index contributed by atoms with van der Waals surface area (Å²) in [5.41, 5.74) is 0. The molecule has 0 spiro atoms. The number of carbonyl (C=O) groups excluding carboxylic acids is 1. The van der Waals surface area contributed by atoms with Crippen LogP contribution in [0.25, 0.3) is 0 Å². The molecule has 0 radical (unpaired) electrons. The van der Waals surface area contributed by atoms with Crippen LogP contribution in [-0.4, -0.2) is 19.1 Å². The van der Waals surface area contributed by atoms with Crippen LogP contribution in [0.4, 0.5) is 0 Å². The van der Waals surface area contributed by atoms with Gasteiger partial charge in [-0.25, -0.2) is 0 Å². The molecule has 16 heavy (non-hydrogen) atoms. The minimum Gasteiger partial charge on any atom is -0.497 e. The quantitative estimate of drug-likeness (QED) is 0.608. The summed E-state index contributed by atoms with van der Waals surface area (Å²) in [6, 6.07) is 6.83. The molecule has 1 aromatic carbocycles. The molecule has 0 aliphatic carbocycles. The van der Waals surface area contributed by atoms with Crippen LogP contribution in [-0.2, 0) is 4.79 Å². The number of amides is 1. The fraction of sp³-hybridized carbons (Fsp3) is 0.273. The van der Waals surface area contributed by atoms with E-state index >= 15 is 0 Å². The van der Waals surface area contributed by atoms with Gasteiger partial charge in [-0.1, -0.05) is 0 Å². The fourth-order valence-corrected chi connectivity index (χ4v) is 1.07. The van der Waals surface area contributed by atoms with Crippen LogP contribution in [0.15, 0.2) is 24.3 Å². The van der Waals surface area contributed by atoms with Crippen LogP contribution in [0.3, 0.4) is 0 Å². The van der Waals surface area contributed by atoms with Gasteiger partial charge in [0.2, 0.25) is 0 Å².